The van der Waals surface area contributed by atoms with Crippen LogP contribution >= 0.6 is 0 Å². The van der Waals surface area contributed by atoms with Gasteiger partial charge in [-0.25, -0.2) is 0 Å². The molecule has 0 spiro atoms. The highest BCUT2D eigenvalue weighted by molar-refractivity contribution is 8.04. The van der Waals surface area contributed by atoms with Crippen LogP contribution in [-0.4, -0.2) is 7.11 Å². The Morgan fingerprint density at radius 3 is 2.13 bits per heavy atom. The number of rotatable bonds is 7. The van der Waals surface area contributed by atoms with Crippen molar-refractivity contribution in [2.45, 2.75) is 32.1 Å². The van der Waals surface area contributed by atoms with E-state index in [1.807, 2.05) is 36.4 Å². The first kappa shape index (κ1) is 21.1. The van der Waals surface area contributed by atoms with Crippen LogP contribution in [0.3, 0.4) is 0 Å². The average molecular weight is 330 g/mol. The summed E-state index contributed by atoms with van der Waals surface area (Å²) in [5.74, 6) is 0.856. The molecule has 23 heavy (non-hydrogen) atoms. The van der Waals surface area contributed by atoms with Crippen molar-refractivity contribution in [1.82, 2.24) is 0 Å². The van der Waals surface area contributed by atoms with Gasteiger partial charge in [0.05, 0.1) is 18.0 Å². The van der Waals surface area contributed by atoms with Crippen molar-refractivity contribution in [2.24, 2.45) is 0 Å². The Kier molecular flexibility index (Phi) is 11.5. The fraction of sp³-hybridized carbons (Fsp3) is 0.238. The van der Waals surface area contributed by atoms with Crippen LogP contribution in [0.15, 0.2) is 89.1 Å². The van der Waals surface area contributed by atoms with Crippen LogP contribution in [0.2, 0.25) is 0 Å². The lowest BCUT2D eigenvalue weighted by atomic mass is 10.3. The van der Waals surface area contributed by atoms with Crippen LogP contribution in [0.25, 0.3) is 0 Å². The summed E-state index contributed by atoms with van der Waals surface area (Å²) in [4.78, 5) is 3.48. The summed E-state index contributed by atoms with van der Waals surface area (Å²) in [6.45, 7) is 18.0. The lowest BCUT2D eigenvalue weighted by Gasteiger charge is -2.08. The molecule has 0 radical (unpaired) electrons. The molecule has 0 aliphatic carbocycles. The third-order valence-electron chi connectivity index (χ3n) is 2.65. The average Bonchev–Trinajstić information content (AvgIpc) is 2.55. The second-order valence-electron chi connectivity index (χ2n) is 4.76. The zero-order valence-electron chi connectivity index (χ0n) is 14.8. The van der Waals surface area contributed by atoms with Gasteiger partial charge in [-0.2, -0.15) is 0 Å². The van der Waals surface area contributed by atoms with Gasteiger partial charge in [-0.05, 0) is 43.0 Å². The van der Waals surface area contributed by atoms with E-state index in [0.29, 0.717) is 0 Å². The Hall–Kier alpha value is -1.93. The molecule has 0 saturated carbocycles. The summed E-state index contributed by atoms with van der Waals surface area (Å²) in [5, 5.41) is 0. The zero-order valence-corrected chi connectivity index (χ0v) is 15.7. The van der Waals surface area contributed by atoms with Crippen molar-refractivity contribution in [1.29, 1.82) is 0 Å². The van der Waals surface area contributed by atoms with Crippen molar-refractivity contribution in [3.63, 3.8) is 0 Å². The first-order chi connectivity index (χ1) is 11.0. The van der Waals surface area contributed by atoms with E-state index in [1.54, 1.807) is 13.2 Å². The Balaban J connectivity index is 0.00000149. The minimum Gasteiger partial charge on any atom is -0.497 e. The molecule has 1 rings (SSSR count). The van der Waals surface area contributed by atoms with E-state index >= 15 is 0 Å². The highest BCUT2D eigenvalue weighted by atomic mass is 32.2. The molecule has 0 heterocycles. The summed E-state index contributed by atoms with van der Waals surface area (Å²) in [7, 11) is 1.49. The summed E-state index contributed by atoms with van der Waals surface area (Å²) in [6, 6.07) is 8.10. The van der Waals surface area contributed by atoms with Gasteiger partial charge in [0.2, 0.25) is 0 Å². The molecule has 124 valence electrons. The van der Waals surface area contributed by atoms with Crippen LogP contribution in [0.1, 0.15) is 27.2 Å². The van der Waals surface area contributed by atoms with Crippen molar-refractivity contribution < 1.29 is 4.74 Å². The number of hydrogen-bond acceptors (Lipinski definition) is 1. The minimum atomic E-state index is -0.184. The van der Waals surface area contributed by atoms with Crippen molar-refractivity contribution >= 4 is 10.9 Å². The molecular weight excluding hydrogens is 300 g/mol. The van der Waals surface area contributed by atoms with E-state index in [9.17, 15) is 0 Å². The van der Waals surface area contributed by atoms with E-state index in [-0.39, 0.29) is 10.9 Å². The number of methoxy groups -OCH3 is 1. The molecule has 0 aliphatic rings. The normalized spacial score (nSPS) is 12.1. The van der Waals surface area contributed by atoms with E-state index < -0.39 is 0 Å². The third kappa shape index (κ3) is 7.75. The maximum absolute atomic E-state index is 5.20. The third-order valence-corrected chi connectivity index (χ3v) is 4.83. The van der Waals surface area contributed by atoms with Gasteiger partial charge in [0.1, 0.15) is 10.7 Å². The van der Waals surface area contributed by atoms with Gasteiger partial charge in [-0.3, -0.25) is 0 Å². The van der Waals surface area contributed by atoms with Gasteiger partial charge in [-0.1, -0.05) is 51.7 Å². The molecule has 0 fully saturated rings. The molecule has 1 nitrogen and oxygen atoms in total. The Bertz CT molecular complexity index is 550. The molecule has 0 amide bonds. The molecule has 0 N–H and O–H groups in total. The second kappa shape index (κ2) is 12.6. The lowest BCUT2D eigenvalue weighted by Crippen LogP contribution is -2.05. The first-order valence-corrected chi connectivity index (χ1v) is 8.93. The SMILES string of the molecule is C=C/C=C\C(=C)[S+](/C(C)=C/C=C)c1ccc(OC)cc1.CCC. The second-order valence-corrected chi connectivity index (χ2v) is 7.02. The highest BCUT2D eigenvalue weighted by Gasteiger charge is 2.27. The molecule has 2 heteroatoms. The summed E-state index contributed by atoms with van der Waals surface area (Å²) in [5.41, 5.74) is 0. The monoisotopic (exact) mass is 329 g/mol. The van der Waals surface area contributed by atoms with E-state index in [2.05, 4.69) is 52.6 Å². The molecule has 1 unspecified atom stereocenters. The topological polar surface area (TPSA) is 9.23 Å². The van der Waals surface area contributed by atoms with Crippen LogP contribution in [0, 0.1) is 0 Å². The van der Waals surface area contributed by atoms with Crippen LogP contribution in [0.4, 0.5) is 0 Å². The number of benzene rings is 1. The zero-order chi connectivity index (χ0) is 17.7. The van der Waals surface area contributed by atoms with E-state index in [0.717, 1.165) is 10.7 Å². The molecule has 0 aromatic heterocycles. The van der Waals surface area contributed by atoms with Gasteiger partial charge in [0, 0.05) is 6.92 Å². The smallest absolute Gasteiger partial charge is 0.166 e. The maximum atomic E-state index is 5.20. The molecule has 1 aromatic carbocycles. The van der Waals surface area contributed by atoms with Gasteiger partial charge in [-0.15, -0.1) is 0 Å². The van der Waals surface area contributed by atoms with Gasteiger partial charge >= 0.3 is 0 Å². The van der Waals surface area contributed by atoms with Gasteiger partial charge < -0.3 is 4.74 Å². The Labute approximate surface area is 145 Å². The van der Waals surface area contributed by atoms with Crippen molar-refractivity contribution in [2.75, 3.05) is 7.11 Å². The van der Waals surface area contributed by atoms with Crippen LogP contribution in [0.5, 0.6) is 5.75 Å². The van der Waals surface area contributed by atoms with Crippen LogP contribution in [-0.2, 0) is 10.9 Å². The van der Waals surface area contributed by atoms with Gasteiger partial charge in [0.15, 0.2) is 9.80 Å². The number of hydrogen-bond donors (Lipinski definition) is 0. The molecular formula is C21H29OS+. The maximum Gasteiger partial charge on any atom is 0.166 e. The predicted octanol–water partition coefficient (Wildman–Crippen LogP) is 6.43. The lowest BCUT2D eigenvalue weighted by molar-refractivity contribution is 0.414. The quantitative estimate of drug-likeness (QED) is 0.413. The van der Waals surface area contributed by atoms with E-state index in [4.69, 9.17) is 4.74 Å². The number of allylic oxidation sites excluding steroid dienone is 6. The standard InChI is InChI=1S/C18H21OS.C3H8/c1-6-8-10-16(4)20(15(3)9-7-2)18-13-11-17(19-5)12-14-18;1-3-2/h6-14H,1-2,4H2,3,5H3;3H2,1-2H3/q+1;/b10-8-,15-9+;. The van der Waals surface area contributed by atoms with E-state index in [1.165, 1.54) is 16.2 Å². The summed E-state index contributed by atoms with van der Waals surface area (Å²) < 4.78 is 5.20. The van der Waals surface area contributed by atoms with Crippen molar-refractivity contribution in [3.8, 4) is 5.75 Å². The largest absolute Gasteiger partial charge is 0.497 e. The van der Waals surface area contributed by atoms with Crippen LogP contribution < -0.4 is 4.74 Å². The fourth-order valence-corrected chi connectivity index (χ4v) is 3.68. The summed E-state index contributed by atoms with van der Waals surface area (Å²) in [6.07, 6.45) is 10.8. The highest BCUT2D eigenvalue weighted by Crippen LogP contribution is 2.30. The Morgan fingerprint density at radius 2 is 1.70 bits per heavy atom. The first-order valence-electron chi connectivity index (χ1n) is 7.71. The fourth-order valence-electron chi connectivity index (χ4n) is 1.73. The molecule has 1 aromatic rings. The summed E-state index contributed by atoms with van der Waals surface area (Å²) >= 11 is 0. The Morgan fingerprint density at radius 1 is 1.13 bits per heavy atom. The van der Waals surface area contributed by atoms with Crippen molar-refractivity contribution in [3.05, 3.63) is 84.2 Å². The molecule has 0 aliphatic heterocycles. The van der Waals surface area contributed by atoms with Gasteiger partial charge in [0.25, 0.3) is 0 Å². The molecule has 1 atom stereocenters. The molecule has 0 bridgehead atoms. The predicted molar refractivity (Wildman–Crippen MR) is 107 cm³/mol. The minimum absolute atomic E-state index is 0.184. The molecule has 0 saturated heterocycles. The number of ether oxygens (including phenoxy) is 1.